The van der Waals surface area contributed by atoms with E-state index in [1.807, 2.05) is 18.8 Å². The van der Waals surface area contributed by atoms with Crippen molar-refractivity contribution >= 4 is 23.1 Å². The zero-order valence-electron chi connectivity index (χ0n) is 10.8. The maximum absolute atomic E-state index is 3.28. The SMILES string of the molecule is CNC(C)c1cccc(SCCc2ccsc2)c1. The Morgan fingerprint density at radius 3 is 2.94 bits per heavy atom. The van der Waals surface area contributed by atoms with Crippen molar-refractivity contribution in [3.8, 4) is 0 Å². The second-order valence-corrected chi connectivity index (χ2v) is 6.26. The van der Waals surface area contributed by atoms with E-state index in [1.54, 1.807) is 11.3 Å². The first-order valence-corrected chi connectivity index (χ1v) is 8.13. The van der Waals surface area contributed by atoms with E-state index in [9.17, 15) is 0 Å². The number of thiophene rings is 1. The van der Waals surface area contributed by atoms with Gasteiger partial charge in [0.25, 0.3) is 0 Å². The summed E-state index contributed by atoms with van der Waals surface area (Å²) in [6.07, 6.45) is 1.15. The molecule has 18 heavy (non-hydrogen) atoms. The molecule has 1 N–H and O–H groups in total. The molecular weight excluding hydrogens is 258 g/mol. The zero-order chi connectivity index (χ0) is 12.8. The topological polar surface area (TPSA) is 12.0 Å². The molecule has 0 aliphatic heterocycles. The third-order valence-electron chi connectivity index (χ3n) is 3.03. The van der Waals surface area contributed by atoms with Gasteiger partial charge in [0.05, 0.1) is 0 Å². The Balaban J connectivity index is 1.89. The molecular formula is C15H19NS2. The highest BCUT2D eigenvalue weighted by atomic mass is 32.2. The van der Waals surface area contributed by atoms with Crippen molar-refractivity contribution in [3.63, 3.8) is 0 Å². The molecule has 96 valence electrons. The normalized spacial score (nSPS) is 12.6. The van der Waals surface area contributed by atoms with Gasteiger partial charge in [-0.25, -0.2) is 0 Å². The molecule has 1 heterocycles. The summed E-state index contributed by atoms with van der Waals surface area (Å²) >= 11 is 3.72. The summed E-state index contributed by atoms with van der Waals surface area (Å²) in [4.78, 5) is 1.37. The second-order valence-electron chi connectivity index (χ2n) is 4.31. The Morgan fingerprint density at radius 2 is 2.22 bits per heavy atom. The van der Waals surface area contributed by atoms with Gasteiger partial charge in [-0.15, -0.1) is 11.8 Å². The average molecular weight is 277 g/mol. The molecule has 0 saturated heterocycles. The van der Waals surface area contributed by atoms with Gasteiger partial charge in [-0.3, -0.25) is 0 Å². The van der Waals surface area contributed by atoms with Crippen LogP contribution in [0.1, 0.15) is 24.1 Å². The van der Waals surface area contributed by atoms with Crippen LogP contribution in [0.15, 0.2) is 46.0 Å². The molecule has 1 atom stereocenters. The van der Waals surface area contributed by atoms with E-state index < -0.39 is 0 Å². The maximum Gasteiger partial charge on any atom is 0.0289 e. The van der Waals surface area contributed by atoms with Gasteiger partial charge in [-0.1, -0.05) is 12.1 Å². The van der Waals surface area contributed by atoms with Gasteiger partial charge in [0, 0.05) is 16.7 Å². The summed E-state index contributed by atoms with van der Waals surface area (Å²) in [6.45, 7) is 2.19. The van der Waals surface area contributed by atoms with Gasteiger partial charge >= 0.3 is 0 Å². The van der Waals surface area contributed by atoms with Crippen LogP contribution in [0.4, 0.5) is 0 Å². The predicted molar refractivity (Wildman–Crippen MR) is 82.7 cm³/mol. The molecule has 1 aromatic heterocycles. The molecule has 0 radical (unpaired) electrons. The quantitative estimate of drug-likeness (QED) is 0.787. The van der Waals surface area contributed by atoms with Gasteiger partial charge in [-0.2, -0.15) is 11.3 Å². The number of rotatable bonds is 6. The fraction of sp³-hybridized carbons (Fsp3) is 0.333. The highest BCUT2D eigenvalue weighted by Gasteiger charge is 2.03. The molecule has 0 amide bonds. The first-order chi connectivity index (χ1) is 8.79. The Kier molecular flexibility index (Phi) is 5.29. The first kappa shape index (κ1) is 13.7. The van der Waals surface area contributed by atoms with Crippen molar-refractivity contribution in [2.45, 2.75) is 24.3 Å². The van der Waals surface area contributed by atoms with E-state index in [2.05, 4.69) is 53.3 Å². The molecule has 0 bridgehead atoms. The van der Waals surface area contributed by atoms with E-state index >= 15 is 0 Å². The fourth-order valence-corrected chi connectivity index (χ4v) is 3.43. The van der Waals surface area contributed by atoms with Crippen molar-refractivity contribution in [2.75, 3.05) is 12.8 Å². The number of thioether (sulfide) groups is 1. The lowest BCUT2D eigenvalue weighted by Crippen LogP contribution is -2.12. The summed E-state index contributed by atoms with van der Waals surface area (Å²) in [5, 5.41) is 7.66. The highest BCUT2D eigenvalue weighted by molar-refractivity contribution is 7.99. The van der Waals surface area contributed by atoms with Gasteiger partial charge in [-0.05, 0) is 60.5 Å². The zero-order valence-corrected chi connectivity index (χ0v) is 12.5. The van der Waals surface area contributed by atoms with Crippen LogP contribution in [0.5, 0.6) is 0 Å². The summed E-state index contributed by atoms with van der Waals surface area (Å²) in [6, 6.07) is 11.5. The third kappa shape index (κ3) is 3.87. The molecule has 2 rings (SSSR count). The Morgan fingerprint density at radius 1 is 1.33 bits per heavy atom. The molecule has 1 aromatic carbocycles. The minimum absolute atomic E-state index is 0.419. The van der Waals surface area contributed by atoms with Gasteiger partial charge in [0.15, 0.2) is 0 Å². The van der Waals surface area contributed by atoms with Gasteiger partial charge in [0.1, 0.15) is 0 Å². The lowest BCUT2D eigenvalue weighted by molar-refractivity contribution is 0.651. The predicted octanol–water partition coefficient (Wildman–Crippen LogP) is 4.36. The van der Waals surface area contributed by atoms with E-state index in [0.717, 1.165) is 12.2 Å². The van der Waals surface area contributed by atoms with Crippen LogP contribution in [-0.2, 0) is 6.42 Å². The summed E-state index contributed by atoms with van der Waals surface area (Å²) < 4.78 is 0. The Labute approximate surface area is 118 Å². The molecule has 0 aliphatic carbocycles. The molecule has 0 spiro atoms. The smallest absolute Gasteiger partial charge is 0.0289 e. The number of aryl methyl sites for hydroxylation is 1. The fourth-order valence-electron chi connectivity index (χ4n) is 1.76. The lowest BCUT2D eigenvalue weighted by Gasteiger charge is -2.11. The van der Waals surface area contributed by atoms with Crippen molar-refractivity contribution in [2.24, 2.45) is 0 Å². The molecule has 1 unspecified atom stereocenters. The van der Waals surface area contributed by atoms with Crippen LogP contribution in [0.3, 0.4) is 0 Å². The lowest BCUT2D eigenvalue weighted by atomic mass is 10.1. The van der Waals surface area contributed by atoms with Crippen molar-refractivity contribution < 1.29 is 0 Å². The van der Waals surface area contributed by atoms with Gasteiger partial charge < -0.3 is 5.32 Å². The van der Waals surface area contributed by atoms with Gasteiger partial charge in [0.2, 0.25) is 0 Å². The highest BCUT2D eigenvalue weighted by Crippen LogP contribution is 2.23. The van der Waals surface area contributed by atoms with Crippen molar-refractivity contribution in [3.05, 3.63) is 52.2 Å². The van der Waals surface area contributed by atoms with Crippen molar-refractivity contribution in [1.82, 2.24) is 5.32 Å². The van der Waals surface area contributed by atoms with Crippen molar-refractivity contribution in [1.29, 1.82) is 0 Å². The Hall–Kier alpha value is -0.770. The van der Waals surface area contributed by atoms with E-state index in [0.29, 0.717) is 6.04 Å². The molecule has 0 fully saturated rings. The van der Waals surface area contributed by atoms with Crippen LogP contribution < -0.4 is 5.32 Å². The molecule has 2 aromatic rings. The summed E-state index contributed by atoms with van der Waals surface area (Å²) in [5.41, 5.74) is 2.81. The van der Waals surface area contributed by atoms with E-state index in [4.69, 9.17) is 0 Å². The van der Waals surface area contributed by atoms with E-state index in [-0.39, 0.29) is 0 Å². The maximum atomic E-state index is 3.28. The largest absolute Gasteiger partial charge is 0.313 e. The summed E-state index contributed by atoms with van der Waals surface area (Å²) in [5.74, 6) is 1.15. The molecule has 1 nitrogen and oxygen atoms in total. The first-order valence-electron chi connectivity index (χ1n) is 6.20. The summed E-state index contributed by atoms with van der Waals surface area (Å²) in [7, 11) is 2.00. The number of nitrogens with one attached hydrogen (secondary N) is 1. The number of hydrogen-bond acceptors (Lipinski definition) is 3. The molecule has 0 saturated carbocycles. The third-order valence-corrected chi connectivity index (χ3v) is 4.76. The monoisotopic (exact) mass is 277 g/mol. The van der Waals surface area contributed by atoms with Crippen LogP contribution in [-0.4, -0.2) is 12.8 Å². The van der Waals surface area contributed by atoms with Crippen LogP contribution >= 0.6 is 23.1 Å². The number of benzene rings is 1. The minimum atomic E-state index is 0.419. The van der Waals surface area contributed by atoms with Crippen LogP contribution in [0, 0.1) is 0 Å². The molecule has 3 heteroatoms. The van der Waals surface area contributed by atoms with E-state index in [1.165, 1.54) is 16.0 Å². The molecule has 0 aliphatic rings. The second kappa shape index (κ2) is 6.98. The Bertz CT molecular complexity index is 465. The van der Waals surface area contributed by atoms with Crippen LogP contribution in [0.25, 0.3) is 0 Å². The number of hydrogen-bond donors (Lipinski definition) is 1. The minimum Gasteiger partial charge on any atom is -0.313 e. The standard InChI is InChI=1S/C15H19NS2/c1-12(16-2)14-4-3-5-15(10-14)18-9-7-13-6-8-17-11-13/h3-6,8,10-12,16H,7,9H2,1-2H3. The van der Waals surface area contributed by atoms with Crippen LogP contribution in [0.2, 0.25) is 0 Å². The average Bonchev–Trinajstić information content (AvgIpc) is 2.91.